The number of hydrogen-bond donors (Lipinski definition) is 3. The summed E-state index contributed by atoms with van der Waals surface area (Å²) in [4.78, 5) is 10.6. The average molecular weight is 236 g/mol. The van der Waals surface area contributed by atoms with E-state index in [9.17, 15) is 13.2 Å². The number of hydrogen-bond acceptors (Lipinski definition) is 3. The summed E-state index contributed by atoms with van der Waals surface area (Å²) in [6, 6.07) is -0.254. The van der Waals surface area contributed by atoms with Crippen molar-refractivity contribution in [1.82, 2.24) is 9.44 Å². The SMILES string of the molecule is CCNS(=O)(=O)N[C@H]1CC[C@@H](C(=O)O)C1. The maximum Gasteiger partial charge on any atom is 0.306 e. The Hall–Kier alpha value is -0.660. The lowest BCUT2D eigenvalue weighted by molar-refractivity contribution is -0.141. The topological polar surface area (TPSA) is 95.5 Å². The second kappa shape index (κ2) is 4.91. The highest BCUT2D eigenvalue weighted by Gasteiger charge is 2.31. The molecule has 1 aliphatic rings. The third kappa shape index (κ3) is 3.77. The van der Waals surface area contributed by atoms with Crippen LogP contribution in [0.5, 0.6) is 0 Å². The van der Waals surface area contributed by atoms with Gasteiger partial charge in [0.2, 0.25) is 0 Å². The van der Waals surface area contributed by atoms with E-state index in [0.29, 0.717) is 25.8 Å². The van der Waals surface area contributed by atoms with Crippen LogP contribution in [0.4, 0.5) is 0 Å². The van der Waals surface area contributed by atoms with Crippen LogP contribution in [0.2, 0.25) is 0 Å². The summed E-state index contributed by atoms with van der Waals surface area (Å²) in [5.41, 5.74) is 0. The zero-order valence-corrected chi connectivity index (χ0v) is 9.38. The number of aliphatic carboxylic acids is 1. The fourth-order valence-electron chi connectivity index (χ4n) is 1.76. The monoisotopic (exact) mass is 236 g/mol. The first-order valence-electron chi connectivity index (χ1n) is 4.94. The van der Waals surface area contributed by atoms with Crippen LogP contribution in [0, 0.1) is 5.92 Å². The molecule has 0 bridgehead atoms. The fraction of sp³-hybridized carbons (Fsp3) is 0.875. The predicted octanol–water partition coefficient (Wildman–Crippen LogP) is -0.316. The Bertz CT molecular complexity index is 328. The van der Waals surface area contributed by atoms with Gasteiger partial charge in [0.05, 0.1) is 5.92 Å². The van der Waals surface area contributed by atoms with Crippen LogP contribution in [0.25, 0.3) is 0 Å². The Morgan fingerprint density at radius 1 is 1.47 bits per heavy atom. The van der Waals surface area contributed by atoms with Crippen molar-refractivity contribution in [2.45, 2.75) is 32.2 Å². The molecule has 1 rings (SSSR count). The number of rotatable bonds is 5. The summed E-state index contributed by atoms with van der Waals surface area (Å²) in [6.45, 7) is 2.01. The zero-order valence-electron chi connectivity index (χ0n) is 8.56. The highest BCUT2D eigenvalue weighted by molar-refractivity contribution is 7.87. The molecule has 3 N–H and O–H groups in total. The van der Waals surface area contributed by atoms with Gasteiger partial charge in [0.25, 0.3) is 10.2 Å². The predicted molar refractivity (Wildman–Crippen MR) is 54.5 cm³/mol. The highest BCUT2D eigenvalue weighted by atomic mass is 32.2. The molecule has 1 fully saturated rings. The van der Waals surface area contributed by atoms with E-state index in [2.05, 4.69) is 9.44 Å². The van der Waals surface area contributed by atoms with E-state index >= 15 is 0 Å². The van der Waals surface area contributed by atoms with Gasteiger partial charge in [-0.15, -0.1) is 0 Å². The quantitative estimate of drug-likeness (QED) is 0.610. The molecule has 7 heteroatoms. The van der Waals surface area contributed by atoms with Crippen LogP contribution in [0.15, 0.2) is 0 Å². The molecule has 0 radical (unpaired) electrons. The first-order valence-corrected chi connectivity index (χ1v) is 6.42. The van der Waals surface area contributed by atoms with Gasteiger partial charge < -0.3 is 5.11 Å². The zero-order chi connectivity index (χ0) is 11.5. The van der Waals surface area contributed by atoms with Crippen molar-refractivity contribution in [3.05, 3.63) is 0 Å². The van der Waals surface area contributed by atoms with Gasteiger partial charge in [-0.25, -0.2) is 4.72 Å². The first-order chi connectivity index (χ1) is 6.94. The summed E-state index contributed by atoms with van der Waals surface area (Å²) in [5, 5.41) is 8.74. The van der Waals surface area contributed by atoms with E-state index in [-0.39, 0.29) is 6.04 Å². The lowest BCUT2D eigenvalue weighted by Crippen LogP contribution is -2.41. The molecular weight excluding hydrogens is 220 g/mol. The van der Waals surface area contributed by atoms with Crippen molar-refractivity contribution in [1.29, 1.82) is 0 Å². The minimum Gasteiger partial charge on any atom is -0.481 e. The Morgan fingerprint density at radius 3 is 2.60 bits per heavy atom. The summed E-state index contributed by atoms with van der Waals surface area (Å²) >= 11 is 0. The third-order valence-electron chi connectivity index (χ3n) is 2.44. The van der Waals surface area contributed by atoms with Crippen molar-refractivity contribution >= 4 is 16.2 Å². The van der Waals surface area contributed by atoms with Crippen LogP contribution < -0.4 is 9.44 Å². The molecule has 0 saturated heterocycles. The van der Waals surface area contributed by atoms with Crippen molar-refractivity contribution in [2.75, 3.05) is 6.54 Å². The van der Waals surface area contributed by atoms with Gasteiger partial charge in [-0.1, -0.05) is 6.92 Å². The van der Waals surface area contributed by atoms with Crippen LogP contribution in [-0.4, -0.2) is 32.1 Å². The maximum absolute atomic E-state index is 11.3. The molecular formula is C8H16N2O4S. The molecule has 15 heavy (non-hydrogen) atoms. The lowest BCUT2D eigenvalue weighted by Gasteiger charge is -2.12. The molecule has 0 heterocycles. The number of carboxylic acid groups (broad SMARTS) is 1. The first kappa shape index (κ1) is 12.4. The molecule has 0 aromatic rings. The van der Waals surface area contributed by atoms with Gasteiger partial charge in [-0.3, -0.25) is 4.79 Å². The Morgan fingerprint density at radius 2 is 2.13 bits per heavy atom. The Balaban J connectivity index is 2.46. The second-order valence-electron chi connectivity index (χ2n) is 3.66. The maximum atomic E-state index is 11.3. The van der Waals surface area contributed by atoms with Crippen LogP contribution in [-0.2, 0) is 15.0 Å². The lowest BCUT2D eigenvalue weighted by atomic mass is 10.1. The molecule has 1 saturated carbocycles. The molecule has 0 aromatic heterocycles. The van der Waals surface area contributed by atoms with E-state index in [1.807, 2.05) is 0 Å². The van der Waals surface area contributed by atoms with Gasteiger partial charge in [-0.05, 0) is 19.3 Å². The summed E-state index contributed by atoms with van der Waals surface area (Å²) in [6.07, 6.45) is 1.50. The third-order valence-corrected chi connectivity index (χ3v) is 3.75. The van der Waals surface area contributed by atoms with E-state index < -0.39 is 22.1 Å². The number of nitrogens with one attached hydrogen (secondary N) is 2. The molecule has 88 valence electrons. The molecule has 0 aromatic carbocycles. The van der Waals surface area contributed by atoms with Gasteiger partial charge >= 0.3 is 5.97 Å². The van der Waals surface area contributed by atoms with Crippen molar-refractivity contribution in [3.63, 3.8) is 0 Å². The normalized spacial score (nSPS) is 26.7. The molecule has 1 aliphatic carbocycles. The minimum absolute atomic E-state index is 0.254. The molecule has 2 atom stereocenters. The van der Waals surface area contributed by atoms with Crippen molar-refractivity contribution in [2.24, 2.45) is 5.92 Å². The van der Waals surface area contributed by atoms with Gasteiger partial charge in [0.15, 0.2) is 0 Å². The molecule has 6 nitrogen and oxygen atoms in total. The Labute approximate surface area is 89.2 Å². The fourth-order valence-corrected chi connectivity index (χ4v) is 2.88. The minimum atomic E-state index is -3.46. The van der Waals surface area contributed by atoms with E-state index in [4.69, 9.17) is 5.11 Å². The van der Waals surface area contributed by atoms with Gasteiger partial charge in [0, 0.05) is 12.6 Å². The standard InChI is InChI=1S/C8H16N2O4S/c1-2-9-15(13,14)10-7-4-3-6(5-7)8(11)12/h6-7,9-10H,2-5H2,1H3,(H,11,12)/t6-,7+/m1/s1. The second-order valence-corrected chi connectivity index (χ2v) is 5.20. The number of carbonyl (C=O) groups is 1. The van der Waals surface area contributed by atoms with Crippen LogP contribution in [0.1, 0.15) is 26.2 Å². The van der Waals surface area contributed by atoms with Crippen LogP contribution in [0.3, 0.4) is 0 Å². The molecule has 0 unspecified atom stereocenters. The van der Waals surface area contributed by atoms with Gasteiger partial charge in [0.1, 0.15) is 0 Å². The molecule has 0 aliphatic heterocycles. The Kier molecular flexibility index (Phi) is 4.06. The smallest absolute Gasteiger partial charge is 0.306 e. The summed E-state index contributed by atoms with van der Waals surface area (Å²) in [5.74, 6) is -1.26. The molecule has 0 amide bonds. The summed E-state index contributed by atoms with van der Waals surface area (Å²) in [7, 11) is -3.46. The average Bonchev–Trinajstić information content (AvgIpc) is 2.51. The van der Waals surface area contributed by atoms with Crippen molar-refractivity contribution < 1.29 is 18.3 Å². The van der Waals surface area contributed by atoms with E-state index in [0.717, 1.165) is 0 Å². The summed E-state index contributed by atoms with van der Waals surface area (Å²) < 4.78 is 27.3. The van der Waals surface area contributed by atoms with E-state index in [1.165, 1.54) is 0 Å². The van der Waals surface area contributed by atoms with Gasteiger partial charge in [-0.2, -0.15) is 13.1 Å². The highest BCUT2D eigenvalue weighted by Crippen LogP contribution is 2.25. The van der Waals surface area contributed by atoms with Crippen LogP contribution >= 0.6 is 0 Å². The number of carboxylic acids is 1. The molecule has 0 spiro atoms. The van der Waals surface area contributed by atoms with E-state index in [1.54, 1.807) is 6.92 Å². The largest absolute Gasteiger partial charge is 0.481 e. The van der Waals surface area contributed by atoms with Crippen molar-refractivity contribution in [3.8, 4) is 0 Å².